The number of ether oxygens (including phenoxy) is 2. The van der Waals surface area contributed by atoms with Crippen molar-refractivity contribution in [1.29, 1.82) is 0 Å². The molecule has 0 spiro atoms. The van der Waals surface area contributed by atoms with Gasteiger partial charge in [0.25, 0.3) is 0 Å². The summed E-state index contributed by atoms with van der Waals surface area (Å²) in [6.45, 7) is 6.94. The van der Waals surface area contributed by atoms with Crippen molar-refractivity contribution in [3.8, 4) is 0 Å². The zero-order valence-electron chi connectivity index (χ0n) is 9.62. The molecule has 0 amide bonds. The van der Waals surface area contributed by atoms with E-state index < -0.39 is 5.79 Å². The minimum absolute atomic E-state index is 0.269. The summed E-state index contributed by atoms with van der Waals surface area (Å²) < 4.78 is 11.6. The summed E-state index contributed by atoms with van der Waals surface area (Å²) in [4.78, 5) is 0. The summed E-state index contributed by atoms with van der Waals surface area (Å²) >= 11 is 0. The fourth-order valence-corrected chi connectivity index (χ4v) is 1.90. The molecule has 0 unspecified atom stereocenters. The van der Waals surface area contributed by atoms with Crippen molar-refractivity contribution >= 4 is 0 Å². The zero-order valence-corrected chi connectivity index (χ0v) is 9.62. The van der Waals surface area contributed by atoms with Gasteiger partial charge >= 0.3 is 0 Å². The molecule has 1 saturated heterocycles. The van der Waals surface area contributed by atoms with E-state index in [1.165, 1.54) is 5.56 Å². The van der Waals surface area contributed by atoms with E-state index in [0.29, 0.717) is 0 Å². The lowest BCUT2D eigenvalue weighted by molar-refractivity contribution is -0.288. The lowest BCUT2D eigenvalue weighted by Gasteiger charge is -2.37. The number of aryl methyl sites for hydroxylation is 1. The van der Waals surface area contributed by atoms with Crippen LogP contribution in [-0.2, 0) is 15.3 Å². The van der Waals surface area contributed by atoms with Crippen LogP contribution in [0.4, 0.5) is 0 Å². The topological polar surface area (TPSA) is 18.5 Å². The summed E-state index contributed by atoms with van der Waals surface area (Å²) in [5.74, 6) is -0.564. The van der Waals surface area contributed by atoms with Crippen molar-refractivity contribution in [1.82, 2.24) is 0 Å². The van der Waals surface area contributed by atoms with Gasteiger partial charge in [-0.1, -0.05) is 29.8 Å². The van der Waals surface area contributed by atoms with Crippen LogP contribution in [-0.4, -0.2) is 12.7 Å². The predicted molar refractivity (Wildman–Crippen MR) is 59.6 cm³/mol. The maximum atomic E-state index is 5.88. The average Bonchev–Trinajstić information content (AvgIpc) is 2.18. The van der Waals surface area contributed by atoms with Crippen molar-refractivity contribution in [3.05, 3.63) is 35.4 Å². The van der Waals surface area contributed by atoms with Crippen LogP contribution < -0.4 is 0 Å². The normalized spacial score (nSPS) is 31.5. The zero-order chi connectivity index (χ0) is 10.9. The molecule has 1 aliphatic rings. The van der Waals surface area contributed by atoms with Gasteiger partial charge in [-0.05, 0) is 27.2 Å². The van der Waals surface area contributed by atoms with E-state index in [1.807, 2.05) is 6.92 Å². The first-order valence-electron chi connectivity index (χ1n) is 5.49. The molecule has 82 valence electrons. The number of rotatable bonds is 1. The molecule has 1 aromatic rings. The van der Waals surface area contributed by atoms with Gasteiger partial charge in [0.2, 0.25) is 0 Å². The van der Waals surface area contributed by atoms with E-state index in [0.717, 1.165) is 18.6 Å². The van der Waals surface area contributed by atoms with Crippen molar-refractivity contribution in [2.75, 3.05) is 6.61 Å². The maximum Gasteiger partial charge on any atom is 0.192 e. The first kappa shape index (κ1) is 10.7. The van der Waals surface area contributed by atoms with Crippen molar-refractivity contribution in [3.63, 3.8) is 0 Å². The Labute approximate surface area is 91.2 Å². The van der Waals surface area contributed by atoms with Gasteiger partial charge in [0, 0.05) is 5.56 Å². The van der Waals surface area contributed by atoms with E-state index in [1.54, 1.807) is 0 Å². The van der Waals surface area contributed by atoms with E-state index >= 15 is 0 Å². The second-order valence-electron chi connectivity index (χ2n) is 4.38. The number of benzene rings is 1. The third-order valence-electron chi connectivity index (χ3n) is 2.90. The summed E-state index contributed by atoms with van der Waals surface area (Å²) in [5, 5.41) is 0. The van der Waals surface area contributed by atoms with Crippen molar-refractivity contribution in [2.45, 2.75) is 39.1 Å². The maximum absolute atomic E-state index is 5.88. The van der Waals surface area contributed by atoms with Crippen LogP contribution in [0.25, 0.3) is 0 Å². The van der Waals surface area contributed by atoms with Crippen LogP contribution in [0.15, 0.2) is 24.3 Å². The smallest absolute Gasteiger partial charge is 0.192 e. The molecule has 2 nitrogen and oxygen atoms in total. The summed E-state index contributed by atoms with van der Waals surface area (Å²) in [5.41, 5.74) is 2.35. The lowest BCUT2D eigenvalue weighted by atomic mass is 10.0. The molecule has 0 aliphatic carbocycles. The molecule has 0 aromatic heterocycles. The first-order valence-corrected chi connectivity index (χ1v) is 5.49. The highest BCUT2D eigenvalue weighted by Crippen LogP contribution is 2.32. The molecule has 1 aromatic carbocycles. The Morgan fingerprint density at radius 1 is 1.27 bits per heavy atom. The van der Waals surface area contributed by atoms with Crippen LogP contribution >= 0.6 is 0 Å². The monoisotopic (exact) mass is 206 g/mol. The highest BCUT2D eigenvalue weighted by Gasteiger charge is 2.33. The van der Waals surface area contributed by atoms with Gasteiger partial charge in [0.15, 0.2) is 5.79 Å². The lowest BCUT2D eigenvalue weighted by Crippen LogP contribution is -2.38. The summed E-state index contributed by atoms with van der Waals surface area (Å²) in [7, 11) is 0. The Morgan fingerprint density at radius 3 is 2.53 bits per heavy atom. The second kappa shape index (κ2) is 3.95. The Kier molecular flexibility index (Phi) is 2.81. The molecule has 0 saturated carbocycles. The molecule has 2 rings (SSSR count). The fraction of sp³-hybridized carbons (Fsp3) is 0.538. The minimum Gasteiger partial charge on any atom is -0.346 e. The summed E-state index contributed by atoms with van der Waals surface area (Å²) in [6, 6.07) is 8.33. The molecular formula is C13H18O2. The molecule has 0 bridgehead atoms. The minimum atomic E-state index is -0.564. The Bertz CT molecular complexity index is 331. The Morgan fingerprint density at radius 2 is 1.93 bits per heavy atom. The van der Waals surface area contributed by atoms with Crippen LogP contribution in [0, 0.1) is 6.92 Å². The molecule has 2 heteroatoms. The molecule has 0 N–H and O–H groups in total. The third kappa shape index (κ3) is 2.21. The van der Waals surface area contributed by atoms with E-state index in [-0.39, 0.29) is 6.10 Å². The largest absolute Gasteiger partial charge is 0.346 e. The van der Waals surface area contributed by atoms with E-state index in [4.69, 9.17) is 9.47 Å². The number of hydrogen-bond acceptors (Lipinski definition) is 2. The van der Waals surface area contributed by atoms with Gasteiger partial charge in [-0.25, -0.2) is 0 Å². The van der Waals surface area contributed by atoms with E-state index in [9.17, 15) is 0 Å². The predicted octanol–water partition coefficient (Wildman–Crippen LogP) is 2.99. The van der Waals surface area contributed by atoms with Crippen LogP contribution in [0.2, 0.25) is 0 Å². The Hall–Kier alpha value is -0.860. The van der Waals surface area contributed by atoms with Crippen molar-refractivity contribution < 1.29 is 9.47 Å². The molecule has 15 heavy (non-hydrogen) atoms. The van der Waals surface area contributed by atoms with Crippen LogP contribution in [0.3, 0.4) is 0 Å². The molecule has 2 atom stereocenters. The molecule has 1 fully saturated rings. The highest BCUT2D eigenvalue weighted by atomic mass is 16.7. The molecule has 1 aliphatic heterocycles. The van der Waals surface area contributed by atoms with Gasteiger partial charge < -0.3 is 9.47 Å². The molecule has 0 radical (unpaired) electrons. The van der Waals surface area contributed by atoms with Gasteiger partial charge in [-0.2, -0.15) is 0 Å². The van der Waals surface area contributed by atoms with Crippen LogP contribution in [0.5, 0.6) is 0 Å². The molecular weight excluding hydrogens is 188 g/mol. The standard InChI is InChI=1S/C13H18O2/c1-10-4-6-12(7-5-10)13(3)14-9-8-11(2)15-13/h4-7,11H,8-9H2,1-3H3/t11-,13-/m0/s1. The van der Waals surface area contributed by atoms with E-state index in [2.05, 4.69) is 38.1 Å². The van der Waals surface area contributed by atoms with Gasteiger partial charge in [-0.15, -0.1) is 0 Å². The Balaban J connectivity index is 2.24. The SMILES string of the molecule is Cc1ccc([C@@]2(C)OCC[C@H](C)O2)cc1. The van der Waals surface area contributed by atoms with Crippen LogP contribution in [0.1, 0.15) is 31.4 Å². The second-order valence-corrected chi connectivity index (χ2v) is 4.38. The van der Waals surface area contributed by atoms with Gasteiger partial charge in [-0.3, -0.25) is 0 Å². The average molecular weight is 206 g/mol. The highest BCUT2D eigenvalue weighted by molar-refractivity contribution is 5.24. The third-order valence-corrected chi connectivity index (χ3v) is 2.90. The number of hydrogen-bond donors (Lipinski definition) is 0. The summed E-state index contributed by atoms with van der Waals surface area (Å²) in [6.07, 6.45) is 1.24. The molecule has 1 heterocycles. The first-order chi connectivity index (χ1) is 7.10. The van der Waals surface area contributed by atoms with Crippen molar-refractivity contribution in [2.24, 2.45) is 0 Å². The van der Waals surface area contributed by atoms with Gasteiger partial charge in [0.1, 0.15) is 0 Å². The quantitative estimate of drug-likeness (QED) is 0.703. The fourth-order valence-electron chi connectivity index (χ4n) is 1.90. The van der Waals surface area contributed by atoms with Gasteiger partial charge in [0.05, 0.1) is 12.7 Å².